The molecule has 0 radical (unpaired) electrons. The van der Waals surface area contributed by atoms with Crippen LogP contribution in [0.4, 0.5) is 24.7 Å². The van der Waals surface area contributed by atoms with E-state index in [2.05, 4.69) is 9.97 Å². The van der Waals surface area contributed by atoms with Crippen LogP contribution in [0.1, 0.15) is 12.0 Å². The lowest BCUT2D eigenvalue weighted by atomic mass is 10.1. The van der Waals surface area contributed by atoms with Crippen LogP contribution in [0.3, 0.4) is 0 Å². The molecule has 1 unspecified atom stereocenters. The Hall–Kier alpha value is -1.57. The van der Waals surface area contributed by atoms with Gasteiger partial charge >= 0.3 is 6.18 Å². The molecule has 152 valence electrons. The summed E-state index contributed by atoms with van der Waals surface area (Å²) in [6.07, 6.45) is -2.66. The minimum Gasteiger partial charge on any atom is -0.747 e. The van der Waals surface area contributed by atoms with Gasteiger partial charge in [0.15, 0.2) is 11.6 Å². The van der Waals surface area contributed by atoms with E-state index in [4.69, 9.17) is 17.3 Å². The number of benzene rings is 1. The molecule has 7 nitrogen and oxygen atoms in total. The highest BCUT2D eigenvalue weighted by Crippen LogP contribution is 2.38. The molecule has 0 amide bonds. The van der Waals surface area contributed by atoms with Gasteiger partial charge in [0.05, 0.1) is 22.5 Å². The minimum absolute atomic E-state index is 0.00890. The first kappa shape index (κ1) is 21.1. The molecule has 2 aromatic rings. The number of rotatable bonds is 5. The Labute approximate surface area is 174 Å². The van der Waals surface area contributed by atoms with Crippen molar-refractivity contribution >= 4 is 44.6 Å². The fourth-order valence-corrected chi connectivity index (χ4v) is 3.78. The second-order valence-corrected chi connectivity index (χ2v) is 7.92. The van der Waals surface area contributed by atoms with E-state index in [9.17, 15) is 21.4 Å². The van der Waals surface area contributed by atoms with E-state index < -0.39 is 38.2 Å². The first-order chi connectivity index (χ1) is 13.2. The molecule has 2 N–H and O–H groups in total. The summed E-state index contributed by atoms with van der Waals surface area (Å²) in [5.74, 6) is 0.449. The SMILES string of the molecule is NCC1CCN(c2nc(-c3ccc(Cl)c(C(F)(F)F)c3)ncc2N([O-])I=O)C1. The Bertz CT molecular complexity index is 886. The highest BCUT2D eigenvalue weighted by Gasteiger charge is 2.34. The highest BCUT2D eigenvalue weighted by atomic mass is 127. The fraction of sp³-hybridized carbons (Fsp3) is 0.375. The second kappa shape index (κ2) is 8.43. The van der Waals surface area contributed by atoms with Gasteiger partial charge in [-0.15, -0.1) is 0 Å². The van der Waals surface area contributed by atoms with Crippen molar-refractivity contribution in [2.45, 2.75) is 12.6 Å². The summed E-state index contributed by atoms with van der Waals surface area (Å²) in [7, 11) is 0. The first-order valence-electron chi connectivity index (χ1n) is 8.18. The van der Waals surface area contributed by atoms with Crippen molar-refractivity contribution in [2.75, 3.05) is 27.8 Å². The monoisotopic (exact) mass is 528 g/mol. The largest absolute Gasteiger partial charge is 0.747 e. The van der Waals surface area contributed by atoms with Gasteiger partial charge in [0, 0.05) is 18.7 Å². The van der Waals surface area contributed by atoms with Crippen molar-refractivity contribution < 1.29 is 16.2 Å². The Morgan fingerprint density at radius 1 is 1.43 bits per heavy atom. The molecular weight excluding hydrogens is 514 g/mol. The van der Waals surface area contributed by atoms with Crippen LogP contribution in [0.5, 0.6) is 0 Å². The molecule has 1 aliphatic heterocycles. The van der Waals surface area contributed by atoms with E-state index in [1.165, 1.54) is 12.3 Å². The maximum atomic E-state index is 13.1. The van der Waals surface area contributed by atoms with Crippen LogP contribution < -0.4 is 13.9 Å². The van der Waals surface area contributed by atoms with Crippen LogP contribution >= 0.6 is 33.1 Å². The predicted octanol–water partition coefficient (Wildman–Crippen LogP) is 4.14. The quantitative estimate of drug-likeness (QED) is 0.354. The number of aromatic nitrogens is 2. The topological polar surface area (TPSA) is 98.4 Å². The maximum absolute atomic E-state index is 13.1. The summed E-state index contributed by atoms with van der Waals surface area (Å²) >= 11 is 3.62. The third kappa shape index (κ3) is 4.36. The number of hydrogen-bond acceptors (Lipinski definition) is 6. The number of alkyl halides is 3. The Morgan fingerprint density at radius 3 is 2.79 bits per heavy atom. The van der Waals surface area contributed by atoms with Gasteiger partial charge in [0.2, 0.25) is 0 Å². The highest BCUT2D eigenvalue weighted by molar-refractivity contribution is 14.1. The van der Waals surface area contributed by atoms with Crippen molar-refractivity contribution in [1.82, 2.24) is 9.97 Å². The van der Waals surface area contributed by atoms with Crippen molar-refractivity contribution in [1.29, 1.82) is 0 Å². The predicted molar refractivity (Wildman–Crippen MR) is 107 cm³/mol. The maximum Gasteiger partial charge on any atom is 0.417 e. The molecule has 28 heavy (non-hydrogen) atoms. The summed E-state index contributed by atoms with van der Waals surface area (Å²) in [6, 6.07) is 3.36. The molecule has 3 rings (SSSR count). The van der Waals surface area contributed by atoms with Gasteiger partial charge in [-0.2, -0.15) is 13.2 Å². The lowest BCUT2D eigenvalue weighted by molar-refractivity contribution is -0.137. The van der Waals surface area contributed by atoms with E-state index in [1.807, 2.05) is 4.90 Å². The smallest absolute Gasteiger partial charge is 0.417 e. The normalized spacial score (nSPS) is 17.2. The molecule has 1 aromatic carbocycles. The van der Waals surface area contributed by atoms with E-state index >= 15 is 0 Å². The molecule has 0 bridgehead atoms. The summed E-state index contributed by atoms with van der Waals surface area (Å²) in [5, 5.41) is 11.5. The van der Waals surface area contributed by atoms with Crippen molar-refractivity contribution in [3.8, 4) is 11.4 Å². The molecule has 1 aliphatic rings. The second-order valence-electron chi connectivity index (χ2n) is 6.25. The van der Waals surface area contributed by atoms with Crippen LogP contribution in [-0.2, 0) is 9.25 Å². The van der Waals surface area contributed by atoms with E-state index in [-0.39, 0.29) is 28.8 Å². The zero-order valence-corrected chi connectivity index (χ0v) is 17.2. The molecule has 0 saturated carbocycles. The Kier molecular flexibility index (Phi) is 6.37. The molecular formula is C16H15ClF3IN5O2-. The van der Waals surface area contributed by atoms with E-state index in [0.29, 0.717) is 22.9 Å². The van der Waals surface area contributed by atoms with Gasteiger partial charge in [-0.25, -0.2) is 13.0 Å². The van der Waals surface area contributed by atoms with Gasteiger partial charge in [-0.1, -0.05) is 11.6 Å². The van der Waals surface area contributed by atoms with Crippen LogP contribution in [0.25, 0.3) is 11.4 Å². The zero-order chi connectivity index (χ0) is 20.5. The van der Waals surface area contributed by atoms with Crippen molar-refractivity contribution in [3.05, 3.63) is 40.2 Å². The standard InChI is InChI=1S/C16H15ClF3IN5O2/c17-12-2-1-10(5-11(12)16(18,19)20)14-23-7-13(26(28)21-27)15(24-14)25-4-3-9(6-22)8-25/h1-2,5,7,9H,3-4,6,8,22H2/q-1. The third-order valence-electron chi connectivity index (χ3n) is 4.45. The average Bonchev–Trinajstić information content (AvgIpc) is 3.15. The molecule has 1 saturated heterocycles. The van der Waals surface area contributed by atoms with Gasteiger partial charge < -0.3 is 19.1 Å². The van der Waals surface area contributed by atoms with Gasteiger partial charge in [0.1, 0.15) is 0 Å². The number of anilines is 2. The molecule has 1 aromatic heterocycles. The van der Waals surface area contributed by atoms with Gasteiger partial charge in [-0.05, 0) is 37.1 Å². The van der Waals surface area contributed by atoms with Crippen LogP contribution in [0, 0.1) is 11.1 Å². The van der Waals surface area contributed by atoms with E-state index in [1.54, 1.807) is 0 Å². The van der Waals surface area contributed by atoms with Gasteiger partial charge in [0.25, 0.3) is 21.5 Å². The molecule has 2 heterocycles. The van der Waals surface area contributed by atoms with Crippen LogP contribution in [0.2, 0.25) is 5.02 Å². The lowest BCUT2D eigenvalue weighted by Crippen LogP contribution is -2.25. The average molecular weight is 529 g/mol. The Morgan fingerprint density at radius 2 is 2.18 bits per heavy atom. The van der Waals surface area contributed by atoms with Crippen LogP contribution in [-0.4, -0.2) is 29.6 Å². The summed E-state index contributed by atoms with van der Waals surface area (Å²) in [5.41, 5.74) is 4.82. The Balaban J connectivity index is 2.06. The molecule has 1 atom stereocenters. The summed E-state index contributed by atoms with van der Waals surface area (Å²) in [4.78, 5) is 10.1. The summed E-state index contributed by atoms with van der Waals surface area (Å²) < 4.78 is 50.9. The van der Waals surface area contributed by atoms with Gasteiger partial charge in [-0.3, -0.25) is 0 Å². The van der Waals surface area contributed by atoms with Crippen LogP contribution in [0.15, 0.2) is 24.4 Å². The number of nitrogens with two attached hydrogens (primary N) is 1. The third-order valence-corrected chi connectivity index (χ3v) is 5.66. The minimum atomic E-state index is -4.63. The lowest BCUT2D eigenvalue weighted by Gasteiger charge is -2.28. The fourth-order valence-electron chi connectivity index (χ4n) is 3.00. The number of nitrogens with zero attached hydrogens (tertiary/aromatic N) is 4. The molecule has 1 fully saturated rings. The number of hydrogen-bond donors (Lipinski definition) is 1. The van der Waals surface area contributed by atoms with E-state index in [0.717, 1.165) is 18.6 Å². The molecule has 0 spiro atoms. The zero-order valence-electron chi connectivity index (χ0n) is 14.3. The van der Waals surface area contributed by atoms with Crippen molar-refractivity contribution in [3.63, 3.8) is 0 Å². The molecule has 12 heteroatoms. The first-order valence-corrected chi connectivity index (χ1v) is 10.4. The summed E-state index contributed by atoms with van der Waals surface area (Å²) in [6.45, 7) is 1.58. The number of halogens is 5. The molecule has 0 aliphatic carbocycles. The van der Waals surface area contributed by atoms with Crippen molar-refractivity contribution in [2.24, 2.45) is 11.7 Å².